The standard InChI is InChI=1S/C32H34N2O4/c35-29-21-13-15-23-28-24(32(38)34(31(23)37)26-12-4-8-18-6-2-10-20(18)26)16-14-22(27(21)28)30(36)33(29)25-11-3-7-17-5-1-9-19(17)25/h13-20,25-26H,1-12H2. The van der Waals surface area contributed by atoms with E-state index < -0.39 is 0 Å². The second-order valence-corrected chi connectivity index (χ2v) is 12.7. The van der Waals surface area contributed by atoms with Gasteiger partial charge in [0.15, 0.2) is 0 Å². The molecule has 4 aliphatic carbocycles. The van der Waals surface area contributed by atoms with E-state index in [1.165, 1.54) is 38.5 Å². The lowest BCUT2D eigenvalue weighted by atomic mass is 9.75. The van der Waals surface area contributed by atoms with Gasteiger partial charge in [-0.2, -0.15) is 0 Å². The molecule has 2 aromatic carbocycles. The molecule has 2 aliphatic heterocycles. The van der Waals surface area contributed by atoms with E-state index in [0.717, 1.165) is 38.5 Å². The molecule has 0 spiro atoms. The van der Waals surface area contributed by atoms with Crippen LogP contribution in [0.3, 0.4) is 0 Å². The first kappa shape index (κ1) is 22.9. The lowest BCUT2D eigenvalue weighted by Crippen LogP contribution is -2.53. The Bertz CT molecular complexity index is 1250. The Balaban J connectivity index is 1.22. The van der Waals surface area contributed by atoms with Gasteiger partial charge in [-0.25, -0.2) is 0 Å². The Morgan fingerprint density at radius 2 is 0.763 bits per heavy atom. The number of benzene rings is 2. The molecule has 8 rings (SSSR count). The summed E-state index contributed by atoms with van der Waals surface area (Å²) in [6.07, 6.45) is 13.1. The van der Waals surface area contributed by atoms with E-state index >= 15 is 0 Å². The predicted molar refractivity (Wildman–Crippen MR) is 142 cm³/mol. The molecule has 0 bridgehead atoms. The van der Waals surface area contributed by atoms with Crippen molar-refractivity contribution in [1.29, 1.82) is 0 Å². The molecule has 6 nitrogen and oxygen atoms in total. The van der Waals surface area contributed by atoms with E-state index in [9.17, 15) is 19.2 Å². The molecular weight excluding hydrogens is 476 g/mol. The minimum absolute atomic E-state index is 0.0591. The summed E-state index contributed by atoms with van der Waals surface area (Å²) >= 11 is 0. The van der Waals surface area contributed by atoms with Gasteiger partial charge >= 0.3 is 0 Å². The Hall–Kier alpha value is -3.02. The van der Waals surface area contributed by atoms with Gasteiger partial charge in [0.1, 0.15) is 0 Å². The number of carbonyl (C=O) groups is 4. The van der Waals surface area contributed by atoms with Gasteiger partial charge in [0.2, 0.25) is 0 Å². The summed E-state index contributed by atoms with van der Waals surface area (Å²) in [5, 5.41) is 1.02. The maximum Gasteiger partial charge on any atom is 0.261 e. The minimum Gasteiger partial charge on any atom is -0.271 e. The maximum absolute atomic E-state index is 14.0. The average Bonchev–Trinajstić information content (AvgIpc) is 3.61. The monoisotopic (exact) mass is 510 g/mol. The van der Waals surface area contributed by atoms with Gasteiger partial charge in [0.05, 0.1) is 0 Å². The molecule has 2 aromatic rings. The number of nitrogens with zero attached hydrogens (tertiary/aromatic N) is 2. The first-order valence-corrected chi connectivity index (χ1v) is 14.9. The van der Waals surface area contributed by atoms with Crippen molar-refractivity contribution in [2.45, 2.75) is 89.1 Å². The van der Waals surface area contributed by atoms with Crippen molar-refractivity contribution < 1.29 is 19.2 Å². The van der Waals surface area contributed by atoms with Crippen LogP contribution in [-0.2, 0) is 0 Å². The van der Waals surface area contributed by atoms with Crippen molar-refractivity contribution in [3.63, 3.8) is 0 Å². The summed E-state index contributed by atoms with van der Waals surface area (Å²) in [5.41, 5.74) is 1.84. The lowest BCUT2D eigenvalue weighted by molar-refractivity contribution is 0.0363. The quantitative estimate of drug-likeness (QED) is 0.467. The highest BCUT2D eigenvalue weighted by Crippen LogP contribution is 2.48. The van der Waals surface area contributed by atoms with E-state index in [0.29, 0.717) is 56.7 Å². The van der Waals surface area contributed by atoms with Gasteiger partial charge in [-0.1, -0.05) is 51.4 Å². The molecule has 4 fully saturated rings. The number of rotatable bonds is 2. The highest BCUT2D eigenvalue weighted by Gasteiger charge is 2.49. The van der Waals surface area contributed by atoms with Gasteiger partial charge in [0.25, 0.3) is 23.6 Å². The average molecular weight is 511 g/mol. The van der Waals surface area contributed by atoms with Gasteiger partial charge in [-0.15, -0.1) is 0 Å². The number of amides is 4. The summed E-state index contributed by atoms with van der Waals surface area (Å²) in [6.45, 7) is 0. The van der Waals surface area contributed by atoms with Crippen molar-refractivity contribution in [2.75, 3.05) is 0 Å². The van der Waals surface area contributed by atoms with Crippen LogP contribution in [0.4, 0.5) is 0 Å². The van der Waals surface area contributed by atoms with Crippen LogP contribution in [0, 0.1) is 23.7 Å². The number of hydrogen-bond donors (Lipinski definition) is 0. The van der Waals surface area contributed by atoms with Crippen LogP contribution in [0.25, 0.3) is 10.8 Å². The maximum atomic E-state index is 14.0. The third kappa shape index (κ3) is 2.95. The molecule has 6 atom stereocenters. The lowest BCUT2D eigenvalue weighted by Gasteiger charge is -2.43. The minimum atomic E-state index is -0.257. The zero-order chi connectivity index (χ0) is 25.7. The van der Waals surface area contributed by atoms with E-state index in [1.54, 1.807) is 34.1 Å². The van der Waals surface area contributed by atoms with E-state index in [-0.39, 0.29) is 35.7 Å². The Kier molecular flexibility index (Phi) is 4.97. The molecule has 0 saturated heterocycles. The smallest absolute Gasteiger partial charge is 0.261 e. The van der Waals surface area contributed by atoms with Crippen LogP contribution in [0.5, 0.6) is 0 Å². The fourth-order valence-corrected chi connectivity index (χ4v) is 9.62. The van der Waals surface area contributed by atoms with E-state index in [4.69, 9.17) is 0 Å². The van der Waals surface area contributed by atoms with Crippen LogP contribution >= 0.6 is 0 Å². The van der Waals surface area contributed by atoms with Crippen LogP contribution < -0.4 is 0 Å². The fourth-order valence-electron chi connectivity index (χ4n) is 9.62. The van der Waals surface area contributed by atoms with Crippen molar-refractivity contribution >= 4 is 34.4 Å². The Labute approximate surface area is 222 Å². The molecule has 6 unspecified atom stereocenters. The highest BCUT2D eigenvalue weighted by atomic mass is 16.2. The van der Waals surface area contributed by atoms with Crippen molar-refractivity contribution in [3.05, 3.63) is 46.5 Å². The fraction of sp³-hybridized carbons (Fsp3) is 0.562. The molecule has 6 aliphatic rings. The largest absolute Gasteiger partial charge is 0.271 e. The van der Waals surface area contributed by atoms with E-state index in [2.05, 4.69) is 0 Å². The van der Waals surface area contributed by atoms with Crippen LogP contribution in [-0.4, -0.2) is 45.5 Å². The molecule has 0 aromatic heterocycles. The molecular formula is C32H34N2O4. The highest BCUT2D eigenvalue weighted by molar-refractivity contribution is 6.33. The van der Waals surface area contributed by atoms with Crippen LogP contribution in [0.15, 0.2) is 24.3 Å². The van der Waals surface area contributed by atoms with Crippen LogP contribution in [0.2, 0.25) is 0 Å². The van der Waals surface area contributed by atoms with Crippen molar-refractivity contribution in [2.24, 2.45) is 23.7 Å². The number of carbonyl (C=O) groups excluding carboxylic acids is 4. The molecule has 6 heteroatoms. The SMILES string of the molecule is O=C1c2ccc3c4c(ccc(c24)C(=O)N1C1CCCC2CCCC21)C(=O)N(C1CCCC2CCCC21)C3=O. The van der Waals surface area contributed by atoms with Crippen molar-refractivity contribution in [3.8, 4) is 0 Å². The number of hydrogen-bond acceptors (Lipinski definition) is 4. The molecule has 0 radical (unpaired) electrons. The van der Waals surface area contributed by atoms with E-state index in [1.807, 2.05) is 0 Å². The van der Waals surface area contributed by atoms with Gasteiger partial charge < -0.3 is 0 Å². The molecule has 4 amide bonds. The molecule has 0 N–H and O–H groups in total. The second kappa shape index (κ2) is 8.24. The third-order valence-corrected chi connectivity index (χ3v) is 11.2. The summed E-state index contributed by atoms with van der Waals surface area (Å²) in [4.78, 5) is 58.9. The van der Waals surface area contributed by atoms with Crippen molar-refractivity contribution in [1.82, 2.24) is 9.80 Å². The first-order chi connectivity index (χ1) is 18.5. The number of fused-ring (bicyclic) bond motifs is 2. The molecule has 196 valence electrons. The normalized spacial score (nSPS) is 34.2. The Morgan fingerprint density at radius 1 is 0.447 bits per heavy atom. The first-order valence-electron chi connectivity index (χ1n) is 14.9. The zero-order valence-corrected chi connectivity index (χ0v) is 21.8. The van der Waals surface area contributed by atoms with Gasteiger partial charge in [0, 0.05) is 45.1 Å². The molecule has 38 heavy (non-hydrogen) atoms. The topological polar surface area (TPSA) is 74.8 Å². The molecule has 2 heterocycles. The summed E-state index contributed by atoms with van der Waals surface area (Å²) in [6, 6.07) is 6.85. The Morgan fingerprint density at radius 3 is 1.11 bits per heavy atom. The third-order valence-electron chi connectivity index (χ3n) is 11.2. The predicted octanol–water partition coefficient (Wildman–Crippen LogP) is 5.97. The summed E-state index contributed by atoms with van der Waals surface area (Å²) < 4.78 is 0. The number of imide groups is 2. The van der Waals surface area contributed by atoms with Gasteiger partial charge in [-0.05, 0) is 73.6 Å². The van der Waals surface area contributed by atoms with Crippen LogP contribution in [0.1, 0.15) is 118 Å². The summed E-state index contributed by atoms with van der Waals surface area (Å²) in [5.74, 6) is 0.951. The second-order valence-electron chi connectivity index (χ2n) is 12.7. The molecule has 4 saturated carbocycles. The van der Waals surface area contributed by atoms with Gasteiger partial charge in [-0.3, -0.25) is 29.0 Å². The zero-order valence-electron chi connectivity index (χ0n) is 21.8. The summed E-state index contributed by atoms with van der Waals surface area (Å²) in [7, 11) is 0.